The van der Waals surface area contributed by atoms with E-state index in [1.54, 1.807) is 36.1 Å². The van der Waals surface area contributed by atoms with Crippen molar-refractivity contribution in [1.29, 1.82) is 0 Å². The summed E-state index contributed by atoms with van der Waals surface area (Å²) in [4.78, 5) is 10.2. The monoisotopic (exact) mass is 336 g/mol. The second-order valence-electron chi connectivity index (χ2n) is 5.68. The van der Waals surface area contributed by atoms with E-state index in [1.165, 1.54) is 12.1 Å². The Balaban J connectivity index is 1.88. The van der Waals surface area contributed by atoms with Gasteiger partial charge in [0.15, 0.2) is 4.90 Å². The molecule has 0 spiro atoms. The summed E-state index contributed by atoms with van der Waals surface area (Å²) in [6.45, 7) is 1.70. The van der Waals surface area contributed by atoms with Crippen LogP contribution in [0.2, 0.25) is 0 Å². The molecule has 1 heterocycles. The highest BCUT2D eigenvalue weighted by Crippen LogP contribution is 2.42. The van der Waals surface area contributed by atoms with Crippen LogP contribution >= 0.6 is 0 Å². The Hall–Kier alpha value is -2.26. The Bertz CT molecular complexity index is 842. The molecule has 3 rings (SSSR count). The molecule has 1 aliphatic rings. The van der Waals surface area contributed by atoms with Crippen LogP contribution < -0.4 is 4.72 Å². The summed E-state index contributed by atoms with van der Waals surface area (Å²) >= 11 is 0. The summed E-state index contributed by atoms with van der Waals surface area (Å²) in [5.41, 5.74) is -0.439. The fourth-order valence-corrected chi connectivity index (χ4v) is 4.13. The number of benzene rings is 1. The van der Waals surface area contributed by atoms with Gasteiger partial charge in [0.25, 0.3) is 5.69 Å². The first-order chi connectivity index (χ1) is 10.9. The molecule has 1 aliphatic carbocycles. The summed E-state index contributed by atoms with van der Waals surface area (Å²) in [5.74, 6) is 0. The topological polar surface area (TPSA) is 107 Å². The smallest absolute Gasteiger partial charge is 0.265 e. The van der Waals surface area contributed by atoms with Crippen LogP contribution in [0.1, 0.15) is 18.4 Å². The van der Waals surface area contributed by atoms with Crippen LogP contribution in [0.25, 0.3) is 0 Å². The maximum Gasteiger partial charge on any atom is 0.289 e. The van der Waals surface area contributed by atoms with Crippen LogP contribution in [0.4, 0.5) is 5.69 Å². The zero-order chi connectivity index (χ0) is 16.7. The molecule has 1 N–H and O–H groups in total. The average Bonchev–Trinajstić information content (AvgIpc) is 3.08. The maximum atomic E-state index is 12.6. The van der Waals surface area contributed by atoms with E-state index in [0.29, 0.717) is 5.56 Å². The first-order valence-corrected chi connectivity index (χ1v) is 8.58. The third-order valence-corrected chi connectivity index (χ3v) is 5.66. The summed E-state index contributed by atoms with van der Waals surface area (Å²) in [5, 5.41) is 15.3. The van der Waals surface area contributed by atoms with Gasteiger partial charge in [0, 0.05) is 25.0 Å². The predicted molar refractivity (Wildman–Crippen MR) is 82.5 cm³/mol. The minimum Gasteiger partial charge on any atom is -0.265 e. The Morgan fingerprint density at radius 1 is 1.39 bits per heavy atom. The van der Waals surface area contributed by atoms with Crippen LogP contribution in [0, 0.1) is 17.0 Å². The first-order valence-electron chi connectivity index (χ1n) is 7.10. The van der Waals surface area contributed by atoms with E-state index < -0.39 is 20.6 Å². The van der Waals surface area contributed by atoms with Gasteiger partial charge in [0.1, 0.15) is 0 Å². The standard InChI is InChI=1S/C14H16N4O4S/c1-11-4-2-5-12(18(19)20)13(11)23(21,22)16-10-14(6-7-14)17-9-3-8-15-17/h2-5,8-9,16H,6-7,10H2,1H3. The van der Waals surface area contributed by atoms with Gasteiger partial charge >= 0.3 is 0 Å². The molecule has 1 saturated carbocycles. The van der Waals surface area contributed by atoms with Gasteiger partial charge in [-0.05, 0) is 31.4 Å². The fraction of sp³-hybridized carbons (Fsp3) is 0.357. The highest BCUT2D eigenvalue weighted by Gasteiger charge is 2.46. The molecule has 9 heteroatoms. The number of rotatable bonds is 6. The Morgan fingerprint density at radius 3 is 2.70 bits per heavy atom. The van der Waals surface area contributed by atoms with Crippen LogP contribution in [0.3, 0.4) is 0 Å². The van der Waals surface area contributed by atoms with E-state index >= 15 is 0 Å². The van der Waals surface area contributed by atoms with E-state index in [2.05, 4.69) is 9.82 Å². The number of nitro groups is 1. The van der Waals surface area contributed by atoms with E-state index in [-0.39, 0.29) is 17.0 Å². The molecule has 1 fully saturated rings. The largest absolute Gasteiger partial charge is 0.289 e. The summed E-state index contributed by atoms with van der Waals surface area (Å²) in [6.07, 6.45) is 5.05. The number of hydrogen-bond acceptors (Lipinski definition) is 5. The van der Waals surface area contributed by atoms with Crippen molar-refractivity contribution in [3.05, 3.63) is 52.3 Å². The van der Waals surface area contributed by atoms with Crippen molar-refractivity contribution in [2.45, 2.75) is 30.2 Å². The van der Waals surface area contributed by atoms with Crippen molar-refractivity contribution in [3.63, 3.8) is 0 Å². The molecule has 2 aromatic rings. The number of hydrogen-bond donors (Lipinski definition) is 1. The molecule has 0 saturated heterocycles. The minimum atomic E-state index is -3.98. The number of aryl methyl sites for hydroxylation is 1. The lowest BCUT2D eigenvalue weighted by Crippen LogP contribution is -2.36. The highest BCUT2D eigenvalue weighted by atomic mass is 32.2. The van der Waals surface area contributed by atoms with Crippen molar-refractivity contribution in [1.82, 2.24) is 14.5 Å². The van der Waals surface area contributed by atoms with Gasteiger partial charge in [-0.2, -0.15) is 5.10 Å². The molecular formula is C14H16N4O4S. The molecule has 122 valence electrons. The average molecular weight is 336 g/mol. The summed E-state index contributed by atoms with van der Waals surface area (Å²) in [6, 6.07) is 5.99. The fourth-order valence-electron chi connectivity index (χ4n) is 2.61. The quantitative estimate of drug-likeness (QED) is 0.636. The normalized spacial score (nSPS) is 16.2. The van der Waals surface area contributed by atoms with Crippen LogP contribution in [-0.2, 0) is 15.6 Å². The molecule has 0 bridgehead atoms. The lowest BCUT2D eigenvalue weighted by atomic mass is 10.2. The van der Waals surface area contributed by atoms with Crippen LogP contribution in [-0.4, -0.2) is 29.7 Å². The lowest BCUT2D eigenvalue weighted by Gasteiger charge is -2.17. The SMILES string of the molecule is Cc1cccc([N+](=O)[O-])c1S(=O)(=O)NCC1(n2cccn2)CC1. The molecule has 23 heavy (non-hydrogen) atoms. The van der Waals surface area contributed by atoms with Gasteiger partial charge < -0.3 is 0 Å². The Morgan fingerprint density at radius 2 is 2.13 bits per heavy atom. The van der Waals surface area contributed by atoms with E-state index in [1.807, 2.05) is 0 Å². The molecule has 0 atom stereocenters. The van der Waals surface area contributed by atoms with Crippen molar-refractivity contribution >= 4 is 15.7 Å². The van der Waals surface area contributed by atoms with Crippen molar-refractivity contribution in [2.75, 3.05) is 6.54 Å². The Kier molecular flexibility index (Phi) is 3.69. The molecule has 1 aromatic carbocycles. The van der Waals surface area contributed by atoms with Crippen molar-refractivity contribution in [3.8, 4) is 0 Å². The molecule has 0 unspecified atom stereocenters. The second kappa shape index (κ2) is 5.43. The van der Waals surface area contributed by atoms with E-state index in [0.717, 1.165) is 12.8 Å². The predicted octanol–water partition coefficient (Wildman–Crippen LogP) is 1.57. The summed E-state index contributed by atoms with van der Waals surface area (Å²) < 4.78 is 29.4. The molecule has 0 aliphatic heterocycles. The van der Waals surface area contributed by atoms with E-state index in [9.17, 15) is 18.5 Å². The lowest BCUT2D eigenvalue weighted by molar-refractivity contribution is -0.387. The molecule has 1 aromatic heterocycles. The third-order valence-electron chi connectivity index (χ3n) is 4.07. The third kappa shape index (κ3) is 2.84. The van der Waals surface area contributed by atoms with Gasteiger partial charge in [0.2, 0.25) is 10.0 Å². The van der Waals surface area contributed by atoms with Gasteiger partial charge in [-0.25, -0.2) is 13.1 Å². The number of sulfonamides is 1. The number of aromatic nitrogens is 2. The van der Waals surface area contributed by atoms with Gasteiger partial charge in [-0.3, -0.25) is 14.8 Å². The zero-order valence-electron chi connectivity index (χ0n) is 12.5. The van der Waals surface area contributed by atoms with Gasteiger partial charge in [0.05, 0.1) is 10.5 Å². The number of nitro benzene ring substituents is 1. The Labute approximate surface area is 133 Å². The van der Waals surface area contributed by atoms with Gasteiger partial charge in [-0.1, -0.05) is 12.1 Å². The minimum absolute atomic E-state index is 0.155. The van der Waals surface area contributed by atoms with E-state index in [4.69, 9.17) is 0 Å². The van der Waals surface area contributed by atoms with Gasteiger partial charge in [-0.15, -0.1) is 0 Å². The van der Waals surface area contributed by atoms with Crippen LogP contribution in [0.5, 0.6) is 0 Å². The number of nitrogens with zero attached hydrogens (tertiary/aromatic N) is 3. The molecular weight excluding hydrogens is 320 g/mol. The number of nitrogens with one attached hydrogen (secondary N) is 1. The molecule has 0 amide bonds. The second-order valence-corrected chi connectivity index (χ2v) is 7.38. The first kappa shape index (κ1) is 15.6. The maximum absolute atomic E-state index is 12.6. The summed E-state index contributed by atoms with van der Waals surface area (Å²) in [7, 11) is -3.98. The zero-order valence-corrected chi connectivity index (χ0v) is 13.3. The highest BCUT2D eigenvalue weighted by molar-refractivity contribution is 7.89. The van der Waals surface area contributed by atoms with Crippen molar-refractivity contribution < 1.29 is 13.3 Å². The molecule has 8 nitrogen and oxygen atoms in total. The van der Waals surface area contributed by atoms with Crippen molar-refractivity contribution in [2.24, 2.45) is 0 Å². The van der Waals surface area contributed by atoms with Crippen LogP contribution in [0.15, 0.2) is 41.6 Å². The molecule has 0 radical (unpaired) electrons.